The first-order chi connectivity index (χ1) is 7.63. The van der Waals surface area contributed by atoms with Crippen molar-refractivity contribution in [3.8, 4) is 17.6 Å². The highest BCUT2D eigenvalue weighted by molar-refractivity contribution is 5.86. The molecule has 0 radical (unpaired) electrons. The Labute approximate surface area is 94.4 Å². The molecule has 0 fully saturated rings. The van der Waals surface area contributed by atoms with E-state index in [9.17, 15) is 4.79 Å². The van der Waals surface area contributed by atoms with Gasteiger partial charge in [-0.2, -0.15) is 5.26 Å². The van der Waals surface area contributed by atoms with Crippen LogP contribution in [0.4, 0.5) is 0 Å². The SMILES string of the molecule is COc1ccc([C@H](C#N)C(C)=O)cc1OC. The number of nitriles is 1. The molecule has 0 saturated carbocycles. The maximum atomic E-state index is 11.2. The Morgan fingerprint density at radius 1 is 1.31 bits per heavy atom. The second kappa shape index (κ2) is 5.17. The van der Waals surface area contributed by atoms with Crippen LogP contribution in [0.5, 0.6) is 11.5 Å². The summed E-state index contributed by atoms with van der Waals surface area (Å²) in [5.74, 6) is 0.155. The van der Waals surface area contributed by atoms with Gasteiger partial charge >= 0.3 is 0 Å². The molecule has 1 atom stereocenters. The lowest BCUT2D eigenvalue weighted by molar-refractivity contribution is -0.117. The number of nitrogens with zero attached hydrogens (tertiary/aromatic N) is 1. The number of hydrogen-bond acceptors (Lipinski definition) is 4. The number of ketones is 1. The van der Waals surface area contributed by atoms with Crippen LogP contribution in [0, 0.1) is 11.3 Å². The molecule has 0 aliphatic rings. The van der Waals surface area contributed by atoms with Gasteiger partial charge in [0.25, 0.3) is 0 Å². The quantitative estimate of drug-likeness (QED) is 0.776. The molecule has 0 aliphatic heterocycles. The molecule has 16 heavy (non-hydrogen) atoms. The van der Waals surface area contributed by atoms with E-state index in [-0.39, 0.29) is 5.78 Å². The van der Waals surface area contributed by atoms with Gasteiger partial charge in [-0.1, -0.05) is 6.07 Å². The highest BCUT2D eigenvalue weighted by Crippen LogP contribution is 2.30. The van der Waals surface area contributed by atoms with E-state index in [1.54, 1.807) is 18.2 Å². The van der Waals surface area contributed by atoms with E-state index in [0.29, 0.717) is 17.1 Å². The van der Waals surface area contributed by atoms with E-state index in [0.717, 1.165) is 0 Å². The van der Waals surface area contributed by atoms with Crippen LogP contribution in [0.2, 0.25) is 0 Å². The lowest BCUT2D eigenvalue weighted by atomic mass is 9.97. The van der Waals surface area contributed by atoms with E-state index in [1.807, 2.05) is 6.07 Å². The molecular weight excluding hydrogens is 206 g/mol. The third-order valence-electron chi connectivity index (χ3n) is 2.28. The standard InChI is InChI=1S/C12H13NO3/c1-8(14)10(7-13)9-4-5-11(15-2)12(6-9)16-3/h4-6,10H,1-3H3/t10-/m1/s1. The molecule has 1 aromatic rings. The summed E-state index contributed by atoms with van der Waals surface area (Å²) in [7, 11) is 3.04. The van der Waals surface area contributed by atoms with E-state index in [4.69, 9.17) is 14.7 Å². The second-order valence-electron chi connectivity index (χ2n) is 3.29. The molecule has 1 aromatic carbocycles. The first-order valence-electron chi connectivity index (χ1n) is 4.76. The van der Waals surface area contributed by atoms with Crippen LogP contribution < -0.4 is 9.47 Å². The van der Waals surface area contributed by atoms with Gasteiger partial charge in [0.1, 0.15) is 5.92 Å². The Balaban J connectivity index is 3.17. The van der Waals surface area contributed by atoms with E-state index < -0.39 is 5.92 Å². The molecular formula is C12H13NO3. The van der Waals surface area contributed by atoms with Crippen molar-refractivity contribution in [1.82, 2.24) is 0 Å². The van der Waals surface area contributed by atoms with Crippen LogP contribution in [-0.2, 0) is 4.79 Å². The minimum atomic E-state index is -0.750. The minimum Gasteiger partial charge on any atom is -0.493 e. The van der Waals surface area contributed by atoms with Gasteiger partial charge in [-0.3, -0.25) is 4.79 Å². The maximum Gasteiger partial charge on any atom is 0.161 e. The van der Waals surface area contributed by atoms with E-state index >= 15 is 0 Å². The molecule has 0 N–H and O–H groups in total. The molecule has 4 nitrogen and oxygen atoms in total. The predicted octanol–water partition coefficient (Wildman–Crippen LogP) is 1.90. The number of carbonyl (C=O) groups excluding carboxylic acids is 1. The van der Waals surface area contributed by atoms with E-state index in [2.05, 4.69) is 0 Å². The smallest absolute Gasteiger partial charge is 0.161 e. The summed E-state index contributed by atoms with van der Waals surface area (Å²) in [5, 5.41) is 8.90. The monoisotopic (exact) mass is 219 g/mol. The van der Waals surface area contributed by atoms with Crippen molar-refractivity contribution in [2.45, 2.75) is 12.8 Å². The summed E-state index contributed by atoms with van der Waals surface area (Å²) in [5.41, 5.74) is 0.618. The van der Waals surface area contributed by atoms with Crippen LogP contribution >= 0.6 is 0 Å². The largest absolute Gasteiger partial charge is 0.493 e. The number of Topliss-reactive ketones (excluding diaryl/α,β-unsaturated/α-hetero) is 1. The van der Waals surface area contributed by atoms with Crippen LogP contribution in [0.15, 0.2) is 18.2 Å². The lowest BCUT2D eigenvalue weighted by Crippen LogP contribution is -2.06. The number of rotatable bonds is 4. The summed E-state index contributed by atoms with van der Waals surface area (Å²) in [4.78, 5) is 11.2. The van der Waals surface area contributed by atoms with Gasteiger partial charge in [-0.25, -0.2) is 0 Å². The Kier molecular flexibility index (Phi) is 3.90. The van der Waals surface area contributed by atoms with Gasteiger partial charge < -0.3 is 9.47 Å². The molecule has 0 amide bonds. The van der Waals surface area contributed by atoms with E-state index in [1.165, 1.54) is 21.1 Å². The number of ether oxygens (including phenoxy) is 2. The van der Waals surface area contributed by atoms with Crippen LogP contribution in [0.25, 0.3) is 0 Å². The van der Waals surface area contributed by atoms with Crippen LogP contribution in [0.3, 0.4) is 0 Å². The van der Waals surface area contributed by atoms with Gasteiger partial charge in [0.15, 0.2) is 17.3 Å². The number of carbonyl (C=O) groups is 1. The van der Waals surface area contributed by atoms with Gasteiger partial charge in [-0.15, -0.1) is 0 Å². The average molecular weight is 219 g/mol. The summed E-state index contributed by atoms with van der Waals surface area (Å²) in [6.07, 6.45) is 0. The van der Waals surface area contributed by atoms with Gasteiger partial charge in [0.05, 0.1) is 20.3 Å². The summed E-state index contributed by atoms with van der Waals surface area (Å²) in [6, 6.07) is 6.98. The predicted molar refractivity (Wildman–Crippen MR) is 58.6 cm³/mol. The van der Waals surface area contributed by atoms with Gasteiger partial charge in [-0.05, 0) is 24.6 Å². The molecule has 0 heterocycles. The third kappa shape index (κ3) is 2.31. The van der Waals surface area contributed by atoms with Crippen molar-refractivity contribution in [2.75, 3.05) is 14.2 Å². The second-order valence-corrected chi connectivity index (χ2v) is 3.29. The maximum absolute atomic E-state index is 11.2. The number of benzene rings is 1. The number of methoxy groups -OCH3 is 2. The highest BCUT2D eigenvalue weighted by atomic mass is 16.5. The Morgan fingerprint density at radius 2 is 1.94 bits per heavy atom. The zero-order valence-corrected chi connectivity index (χ0v) is 9.48. The zero-order valence-electron chi connectivity index (χ0n) is 9.48. The molecule has 0 aromatic heterocycles. The highest BCUT2D eigenvalue weighted by Gasteiger charge is 2.17. The molecule has 0 bridgehead atoms. The molecule has 0 saturated heterocycles. The minimum absolute atomic E-state index is 0.185. The van der Waals surface area contributed by atoms with Crippen LogP contribution in [0.1, 0.15) is 18.4 Å². The fraction of sp³-hybridized carbons (Fsp3) is 0.333. The topological polar surface area (TPSA) is 59.3 Å². The summed E-state index contributed by atoms with van der Waals surface area (Å²) >= 11 is 0. The van der Waals surface area contributed by atoms with Crippen molar-refractivity contribution in [3.63, 3.8) is 0 Å². The van der Waals surface area contributed by atoms with Crippen molar-refractivity contribution in [1.29, 1.82) is 5.26 Å². The fourth-order valence-corrected chi connectivity index (χ4v) is 1.43. The third-order valence-corrected chi connectivity index (χ3v) is 2.28. The molecule has 1 rings (SSSR count). The Hall–Kier alpha value is -2.02. The van der Waals surface area contributed by atoms with Crippen molar-refractivity contribution < 1.29 is 14.3 Å². The zero-order chi connectivity index (χ0) is 12.1. The Morgan fingerprint density at radius 3 is 2.38 bits per heavy atom. The Bertz CT molecular complexity index is 434. The molecule has 0 aliphatic carbocycles. The molecule has 0 spiro atoms. The van der Waals surface area contributed by atoms with Crippen molar-refractivity contribution in [3.05, 3.63) is 23.8 Å². The fourth-order valence-electron chi connectivity index (χ4n) is 1.43. The van der Waals surface area contributed by atoms with Gasteiger partial charge in [0, 0.05) is 0 Å². The molecule has 4 heteroatoms. The first kappa shape index (κ1) is 12.1. The summed E-state index contributed by atoms with van der Waals surface area (Å²) < 4.78 is 10.2. The summed E-state index contributed by atoms with van der Waals surface area (Å²) in [6.45, 7) is 1.39. The van der Waals surface area contributed by atoms with Crippen molar-refractivity contribution in [2.24, 2.45) is 0 Å². The molecule has 0 unspecified atom stereocenters. The van der Waals surface area contributed by atoms with Crippen LogP contribution in [-0.4, -0.2) is 20.0 Å². The average Bonchev–Trinajstić information content (AvgIpc) is 2.29. The van der Waals surface area contributed by atoms with Gasteiger partial charge in [0.2, 0.25) is 0 Å². The first-order valence-corrected chi connectivity index (χ1v) is 4.76. The van der Waals surface area contributed by atoms with Crippen molar-refractivity contribution >= 4 is 5.78 Å². The normalized spacial score (nSPS) is 11.4. The lowest BCUT2D eigenvalue weighted by Gasteiger charge is -2.11. The number of hydrogen-bond donors (Lipinski definition) is 0. The molecule has 84 valence electrons.